The molecule has 0 amide bonds. The molecule has 3 fully saturated rings. The van der Waals surface area contributed by atoms with Crippen molar-refractivity contribution in [1.29, 1.82) is 0 Å². The van der Waals surface area contributed by atoms with Gasteiger partial charge in [0, 0.05) is 5.92 Å². The molecule has 5 aliphatic rings. The van der Waals surface area contributed by atoms with Crippen molar-refractivity contribution >= 4 is 0 Å². The third-order valence-corrected chi connectivity index (χ3v) is 8.73. The minimum atomic E-state index is -0.526. The van der Waals surface area contributed by atoms with Crippen LogP contribution in [0.15, 0.2) is 11.1 Å². The smallest absolute Gasteiger partial charge is 0.163 e. The Bertz CT molecular complexity index is 682. The maximum Gasteiger partial charge on any atom is 0.163 e. The van der Waals surface area contributed by atoms with Gasteiger partial charge in [-0.3, -0.25) is 0 Å². The lowest BCUT2D eigenvalue weighted by Gasteiger charge is -2.42. The van der Waals surface area contributed by atoms with E-state index >= 15 is 0 Å². The quantitative estimate of drug-likeness (QED) is 0.701. The van der Waals surface area contributed by atoms with Gasteiger partial charge in [-0.25, -0.2) is 0 Å². The van der Waals surface area contributed by atoms with Crippen LogP contribution in [0.1, 0.15) is 67.2 Å². The third kappa shape index (κ3) is 2.36. The van der Waals surface area contributed by atoms with Gasteiger partial charge in [0.25, 0.3) is 0 Å². The molecule has 3 aliphatic carbocycles. The molecule has 0 aromatic rings. The number of fused-ring (bicyclic) bond motifs is 4. The number of aliphatic hydroxyl groups is 1. The largest absolute Gasteiger partial charge is 0.389 e. The molecule has 1 N–H and O–H groups in total. The number of hydrogen-bond acceptors (Lipinski definition) is 4. The van der Waals surface area contributed by atoms with Crippen LogP contribution in [0.25, 0.3) is 0 Å². The summed E-state index contributed by atoms with van der Waals surface area (Å²) in [5, 5.41) is 10.7. The molecule has 0 unspecified atom stereocenters. The highest BCUT2D eigenvalue weighted by Crippen LogP contribution is 2.66. The number of hydrogen-bond donors (Lipinski definition) is 1. The van der Waals surface area contributed by atoms with Gasteiger partial charge >= 0.3 is 0 Å². The fraction of sp³-hybridized carbons (Fsp3) is 0.913. The summed E-state index contributed by atoms with van der Waals surface area (Å²) in [5.41, 5.74) is 2.90. The molecule has 1 saturated heterocycles. The summed E-state index contributed by atoms with van der Waals surface area (Å²) in [4.78, 5) is 0. The Morgan fingerprint density at radius 2 is 1.70 bits per heavy atom. The lowest BCUT2D eigenvalue weighted by Crippen LogP contribution is -2.43. The average Bonchev–Trinajstić information content (AvgIpc) is 3.16. The first-order valence-corrected chi connectivity index (χ1v) is 11.0. The van der Waals surface area contributed by atoms with Crippen molar-refractivity contribution in [3.63, 3.8) is 0 Å². The van der Waals surface area contributed by atoms with E-state index in [1.807, 2.05) is 13.8 Å². The van der Waals surface area contributed by atoms with Gasteiger partial charge in [0.1, 0.15) is 0 Å². The molecule has 8 atom stereocenters. The highest BCUT2D eigenvalue weighted by molar-refractivity contribution is 5.38. The summed E-state index contributed by atoms with van der Waals surface area (Å²) in [7, 11) is 0. The van der Waals surface area contributed by atoms with Crippen molar-refractivity contribution in [3.8, 4) is 0 Å². The van der Waals surface area contributed by atoms with E-state index in [0.29, 0.717) is 24.4 Å². The monoisotopic (exact) mass is 376 g/mol. The van der Waals surface area contributed by atoms with Gasteiger partial charge in [-0.1, -0.05) is 27.7 Å². The molecular weight excluding hydrogens is 340 g/mol. The minimum Gasteiger partial charge on any atom is -0.389 e. The second kappa shape index (κ2) is 5.59. The molecule has 5 rings (SSSR count). The van der Waals surface area contributed by atoms with E-state index < -0.39 is 5.79 Å². The fourth-order valence-electron chi connectivity index (χ4n) is 7.72. The van der Waals surface area contributed by atoms with Crippen LogP contribution in [0.5, 0.6) is 0 Å². The second-order valence-corrected chi connectivity index (χ2v) is 11.2. The molecular formula is C23H36O4. The molecule has 2 heterocycles. The van der Waals surface area contributed by atoms with Gasteiger partial charge in [-0.05, 0) is 73.3 Å². The number of ether oxygens (including phenoxy) is 3. The minimum absolute atomic E-state index is 0.0706. The molecule has 0 spiro atoms. The van der Waals surface area contributed by atoms with E-state index in [1.165, 1.54) is 24.0 Å². The Morgan fingerprint density at radius 3 is 2.41 bits per heavy atom. The highest BCUT2D eigenvalue weighted by Gasteiger charge is 2.69. The van der Waals surface area contributed by atoms with Crippen LogP contribution in [0.3, 0.4) is 0 Å². The van der Waals surface area contributed by atoms with Gasteiger partial charge in [0.15, 0.2) is 5.79 Å². The van der Waals surface area contributed by atoms with Crippen LogP contribution >= 0.6 is 0 Å². The SMILES string of the molecule is CC(C)[C@H]1[C@@H]2OC(C)(C)O[C@@H]2[C@@H]2[C@H]3OCC4=C3[C@@](C)(CC[C@@H]4O)CC[C@@]21C. The first-order valence-electron chi connectivity index (χ1n) is 11.0. The lowest BCUT2D eigenvalue weighted by atomic mass is 9.65. The van der Waals surface area contributed by atoms with E-state index in [0.717, 1.165) is 12.8 Å². The molecule has 4 heteroatoms. The van der Waals surface area contributed by atoms with E-state index in [1.54, 1.807) is 0 Å². The Morgan fingerprint density at radius 1 is 1.00 bits per heavy atom. The second-order valence-electron chi connectivity index (χ2n) is 11.2. The maximum atomic E-state index is 10.7. The van der Waals surface area contributed by atoms with Crippen molar-refractivity contribution in [1.82, 2.24) is 0 Å². The summed E-state index contributed by atoms with van der Waals surface area (Å²) in [6.07, 6.45) is 4.27. The Kier molecular flexibility index (Phi) is 3.85. The molecule has 0 radical (unpaired) electrons. The van der Waals surface area contributed by atoms with Gasteiger partial charge in [0.2, 0.25) is 0 Å². The molecule has 2 aliphatic heterocycles. The molecule has 152 valence electrons. The molecule has 2 saturated carbocycles. The molecule has 4 nitrogen and oxygen atoms in total. The maximum absolute atomic E-state index is 10.7. The van der Waals surface area contributed by atoms with E-state index in [4.69, 9.17) is 14.2 Å². The van der Waals surface area contributed by atoms with Crippen molar-refractivity contribution in [3.05, 3.63) is 11.1 Å². The summed E-state index contributed by atoms with van der Waals surface area (Å²) in [5.74, 6) is 0.785. The van der Waals surface area contributed by atoms with E-state index in [2.05, 4.69) is 27.7 Å². The summed E-state index contributed by atoms with van der Waals surface area (Å²) < 4.78 is 19.5. The van der Waals surface area contributed by atoms with Crippen LogP contribution in [-0.2, 0) is 14.2 Å². The van der Waals surface area contributed by atoms with Crippen LogP contribution < -0.4 is 0 Å². The highest BCUT2D eigenvalue weighted by atomic mass is 16.8. The zero-order valence-electron chi connectivity index (χ0n) is 17.7. The zero-order chi connectivity index (χ0) is 19.4. The van der Waals surface area contributed by atoms with E-state index in [9.17, 15) is 5.11 Å². The Balaban J connectivity index is 1.65. The van der Waals surface area contributed by atoms with Crippen molar-refractivity contribution in [2.75, 3.05) is 6.61 Å². The predicted octanol–water partition coefficient (Wildman–Crippen LogP) is 4.07. The zero-order valence-corrected chi connectivity index (χ0v) is 17.7. The van der Waals surface area contributed by atoms with Crippen molar-refractivity contribution < 1.29 is 19.3 Å². The van der Waals surface area contributed by atoms with Crippen LogP contribution in [-0.4, -0.2) is 41.9 Å². The van der Waals surface area contributed by atoms with Gasteiger partial charge in [0.05, 0.1) is 31.0 Å². The fourth-order valence-corrected chi connectivity index (χ4v) is 7.72. The van der Waals surface area contributed by atoms with Crippen LogP contribution in [0, 0.1) is 28.6 Å². The van der Waals surface area contributed by atoms with Crippen molar-refractivity contribution in [2.24, 2.45) is 28.6 Å². The van der Waals surface area contributed by atoms with Gasteiger partial charge in [-0.15, -0.1) is 0 Å². The van der Waals surface area contributed by atoms with Gasteiger partial charge in [-0.2, -0.15) is 0 Å². The standard InChI is InChI=1S/C23H36O4/c1-12(2)15-19-20(27-21(3,4)26-19)17-18-16-13(11-25-18)14(24)7-8-22(16,5)9-10-23(15,17)6/h12,14-15,17-20,24H,7-11H2,1-6H3/t14-,15-,17-,18-,19-,20+,22-,23+/m0/s1. The first-order chi connectivity index (χ1) is 12.6. The topological polar surface area (TPSA) is 47.9 Å². The number of aliphatic hydroxyl groups excluding tert-OH is 1. The van der Waals surface area contributed by atoms with Gasteiger partial charge < -0.3 is 19.3 Å². The van der Waals surface area contributed by atoms with Crippen LogP contribution in [0.4, 0.5) is 0 Å². The normalized spacial score (nSPS) is 53.3. The third-order valence-electron chi connectivity index (χ3n) is 8.73. The summed E-state index contributed by atoms with van der Waals surface area (Å²) >= 11 is 0. The lowest BCUT2D eigenvalue weighted by molar-refractivity contribution is -0.185. The first kappa shape index (κ1) is 18.6. The molecule has 0 bridgehead atoms. The Hall–Kier alpha value is -0.420. The Labute approximate surface area is 163 Å². The molecule has 27 heavy (non-hydrogen) atoms. The van der Waals surface area contributed by atoms with Crippen molar-refractivity contribution in [2.45, 2.75) is 97.4 Å². The summed E-state index contributed by atoms with van der Waals surface area (Å²) in [6.45, 7) is 14.3. The van der Waals surface area contributed by atoms with Crippen LogP contribution in [0.2, 0.25) is 0 Å². The average molecular weight is 377 g/mol. The summed E-state index contributed by atoms with van der Waals surface area (Å²) in [6, 6.07) is 0. The predicted molar refractivity (Wildman–Crippen MR) is 103 cm³/mol. The molecule has 0 aromatic heterocycles. The number of rotatable bonds is 1. The van der Waals surface area contributed by atoms with E-state index in [-0.39, 0.29) is 35.2 Å². The molecule has 0 aromatic carbocycles.